The van der Waals surface area contributed by atoms with Gasteiger partial charge in [0.25, 0.3) is 0 Å². The number of carbonyl (C=O) groups excluding carboxylic acids is 1. The van der Waals surface area contributed by atoms with E-state index in [1.165, 1.54) is 16.7 Å². The highest BCUT2D eigenvalue weighted by Gasteiger charge is 2.46. The molecule has 2 N–H and O–H groups in total. The topological polar surface area (TPSA) is 53.6 Å². The van der Waals surface area contributed by atoms with Gasteiger partial charge in [-0.05, 0) is 46.2 Å². The fourth-order valence-corrected chi connectivity index (χ4v) is 4.50. The first-order valence-corrected chi connectivity index (χ1v) is 11.9. The van der Waals surface area contributed by atoms with Crippen molar-refractivity contribution in [1.29, 1.82) is 0 Å². The highest BCUT2D eigenvalue weighted by molar-refractivity contribution is 5.78. The molecule has 0 bridgehead atoms. The molecular weight excluding hydrogens is 422 g/mol. The molecule has 4 rings (SSSR count). The molecule has 1 saturated heterocycles. The zero-order chi connectivity index (χ0) is 24.2. The summed E-state index contributed by atoms with van der Waals surface area (Å²) in [6.07, 6.45) is 0.756. The van der Waals surface area contributed by atoms with Crippen molar-refractivity contribution in [3.63, 3.8) is 0 Å². The number of nitrogens with zero attached hydrogens (tertiary/aromatic N) is 1. The molecule has 0 radical (unpaired) electrons. The molecular formula is C29H35N3O2. The van der Waals surface area contributed by atoms with E-state index in [0.29, 0.717) is 19.6 Å². The van der Waals surface area contributed by atoms with E-state index < -0.39 is 5.66 Å². The number of ether oxygens (including phenoxy) is 1. The Morgan fingerprint density at radius 1 is 0.941 bits per heavy atom. The van der Waals surface area contributed by atoms with Gasteiger partial charge in [-0.3, -0.25) is 5.32 Å². The van der Waals surface area contributed by atoms with Gasteiger partial charge >= 0.3 is 6.03 Å². The number of rotatable bonds is 8. The number of nitrogens with one attached hydrogen (secondary N) is 2. The number of carbonyl (C=O) groups is 1. The molecule has 5 heteroatoms. The third kappa shape index (κ3) is 5.10. The van der Waals surface area contributed by atoms with E-state index in [4.69, 9.17) is 4.74 Å². The molecule has 0 spiro atoms. The molecule has 1 unspecified atom stereocenters. The minimum absolute atomic E-state index is 0.0472. The van der Waals surface area contributed by atoms with Crippen molar-refractivity contribution < 1.29 is 9.53 Å². The maximum absolute atomic E-state index is 13.1. The van der Waals surface area contributed by atoms with E-state index in [2.05, 4.69) is 79.9 Å². The largest absolute Gasteiger partial charge is 0.497 e. The van der Waals surface area contributed by atoms with Gasteiger partial charge in [0, 0.05) is 13.1 Å². The summed E-state index contributed by atoms with van der Waals surface area (Å²) in [6.45, 7) is 8.42. The number of hydrogen-bond acceptors (Lipinski definition) is 3. The number of methoxy groups -OCH3 is 1. The normalized spacial score (nSPS) is 18.1. The number of hydrogen-bond donors (Lipinski definition) is 2. The lowest BCUT2D eigenvalue weighted by molar-refractivity contribution is 0.124. The lowest BCUT2D eigenvalue weighted by Crippen LogP contribution is -2.55. The van der Waals surface area contributed by atoms with Gasteiger partial charge in [-0.25, -0.2) is 4.79 Å². The zero-order valence-corrected chi connectivity index (χ0v) is 20.6. The molecule has 1 aliphatic heterocycles. The van der Waals surface area contributed by atoms with Crippen LogP contribution in [0, 0.1) is 0 Å². The molecule has 3 aromatic carbocycles. The lowest BCUT2D eigenvalue weighted by Gasteiger charge is -2.39. The lowest BCUT2D eigenvalue weighted by atomic mass is 9.85. The number of urea groups is 1. The number of amides is 2. The van der Waals surface area contributed by atoms with Gasteiger partial charge in [0.05, 0.1) is 13.7 Å². The Labute approximate surface area is 203 Å². The maximum Gasteiger partial charge on any atom is 0.319 e. The van der Waals surface area contributed by atoms with Crippen molar-refractivity contribution in [3.05, 3.63) is 101 Å². The van der Waals surface area contributed by atoms with Gasteiger partial charge in [0.1, 0.15) is 11.4 Å². The molecule has 0 saturated carbocycles. The maximum atomic E-state index is 13.1. The number of benzene rings is 3. The predicted molar refractivity (Wildman–Crippen MR) is 137 cm³/mol. The van der Waals surface area contributed by atoms with Gasteiger partial charge in [0.2, 0.25) is 0 Å². The first kappa shape index (κ1) is 23.8. The fraction of sp³-hybridized carbons (Fsp3) is 0.345. The Morgan fingerprint density at radius 3 is 2.24 bits per heavy atom. The molecule has 1 aliphatic rings. The van der Waals surface area contributed by atoms with E-state index in [1.54, 1.807) is 7.11 Å². The Hall–Kier alpha value is -3.31. The zero-order valence-electron chi connectivity index (χ0n) is 20.6. The second-order valence-electron chi connectivity index (χ2n) is 9.94. The van der Waals surface area contributed by atoms with Gasteiger partial charge in [-0.2, -0.15) is 0 Å². The molecule has 1 heterocycles. The van der Waals surface area contributed by atoms with Crippen LogP contribution in [0.2, 0.25) is 0 Å². The van der Waals surface area contributed by atoms with E-state index in [-0.39, 0.29) is 11.4 Å². The van der Waals surface area contributed by atoms with E-state index in [0.717, 1.165) is 17.7 Å². The summed E-state index contributed by atoms with van der Waals surface area (Å²) in [6, 6.07) is 27.0. The molecule has 2 amide bonds. The monoisotopic (exact) mass is 457 g/mol. The molecule has 5 nitrogen and oxygen atoms in total. The highest BCUT2D eigenvalue weighted by atomic mass is 16.5. The molecule has 1 atom stereocenters. The first-order chi connectivity index (χ1) is 16.3. The van der Waals surface area contributed by atoms with E-state index in [1.807, 2.05) is 35.2 Å². The van der Waals surface area contributed by atoms with Crippen LogP contribution < -0.4 is 15.4 Å². The van der Waals surface area contributed by atoms with Gasteiger partial charge < -0.3 is 15.0 Å². The van der Waals surface area contributed by atoms with Crippen LogP contribution in [0.5, 0.6) is 5.75 Å². The molecule has 1 fully saturated rings. The van der Waals surface area contributed by atoms with Gasteiger partial charge in [-0.1, -0.05) is 87.5 Å². The van der Waals surface area contributed by atoms with Crippen LogP contribution in [0.15, 0.2) is 78.9 Å². The molecule has 0 aromatic heterocycles. The van der Waals surface area contributed by atoms with Crippen LogP contribution in [0.4, 0.5) is 4.79 Å². The van der Waals surface area contributed by atoms with Crippen molar-refractivity contribution in [2.75, 3.05) is 20.2 Å². The van der Waals surface area contributed by atoms with Gasteiger partial charge in [-0.15, -0.1) is 0 Å². The molecule has 178 valence electrons. The van der Waals surface area contributed by atoms with Crippen LogP contribution in [-0.4, -0.2) is 31.1 Å². The van der Waals surface area contributed by atoms with E-state index >= 15 is 0 Å². The summed E-state index contributed by atoms with van der Waals surface area (Å²) in [5.41, 5.74) is 4.15. The predicted octanol–water partition coefficient (Wildman–Crippen LogP) is 5.20. The Balaban J connectivity index is 1.63. The van der Waals surface area contributed by atoms with E-state index in [9.17, 15) is 4.79 Å². The minimum Gasteiger partial charge on any atom is -0.497 e. The SMILES string of the molecule is COc1ccc(CCN2C(=O)NCC2(NCc2ccccc2)c2ccc(C(C)(C)C)cc2)cc1. The first-order valence-electron chi connectivity index (χ1n) is 11.9. The summed E-state index contributed by atoms with van der Waals surface area (Å²) in [5.74, 6) is 0.834. The Bertz CT molecular complexity index is 1090. The molecule has 3 aromatic rings. The third-order valence-electron chi connectivity index (χ3n) is 6.64. The quantitative estimate of drug-likeness (QED) is 0.489. The summed E-state index contributed by atoms with van der Waals surface area (Å²) in [5, 5.41) is 6.84. The highest BCUT2D eigenvalue weighted by Crippen LogP contribution is 2.32. The van der Waals surface area contributed by atoms with Crippen molar-refractivity contribution >= 4 is 6.03 Å². The third-order valence-corrected chi connectivity index (χ3v) is 6.64. The van der Waals surface area contributed by atoms with Crippen LogP contribution >= 0.6 is 0 Å². The van der Waals surface area contributed by atoms with Crippen molar-refractivity contribution in [3.8, 4) is 5.75 Å². The second-order valence-corrected chi connectivity index (χ2v) is 9.94. The fourth-order valence-electron chi connectivity index (χ4n) is 4.50. The van der Waals surface area contributed by atoms with Crippen molar-refractivity contribution in [1.82, 2.24) is 15.5 Å². The summed E-state index contributed by atoms with van der Waals surface area (Å²) in [4.78, 5) is 15.0. The molecule has 0 aliphatic carbocycles. The average Bonchev–Trinajstić information content (AvgIpc) is 3.18. The summed E-state index contributed by atoms with van der Waals surface area (Å²) >= 11 is 0. The molecule has 34 heavy (non-hydrogen) atoms. The van der Waals surface area contributed by atoms with Crippen molar-refractivity contribution in [2.24, 2.45) is 0 Å². The van der Waals surface area contributed by atoms with Gasteiger partial charge in [0.15, 0.2) is 0 Å². The smallest absolute Gasteiger partial charge is 0.319 e. The Kier molecular flexibility index (Phi) is 6.94. The van der Waals surface area contributed by atoms with Crippen molar-refractivity contribution in [2.45, 2.75) is 44.8 Å². The standard InChI is InChI=1S/C29H35N3O2/c1-28(2,3)24-12-14-25(15-13-24)29(31-20-23-8-6-5-7-9-23)21-30-27(33)32(29)19-18-22-10-16-26(34-4)17-11-22/h5-17,31H,18-21H2,1-4H3,(H,30,33). The van der Waals surface area contributed by atoms with Crippen LogP contribution in [0.1, 0.15) is 43.0 Å². The minimum atomic E-state index is -0.629. The average molecular weight is 458 g/mol. The summed E-state index contributed by atoms with van der Waals surface area (Å²) in [7, 11) is 1.67. The van der Waals surface area contributed by atoms with Crippen LogP contribution in [0.3, 0.4) is 0 Å². The second kappa shape index (κ2) is 9.90. The van der Waals surface area contributed by atoms with Crippen LogP contribution in [-0.2, 0) is 24.0 Å². The Morgan fingerprint density at radius 2 is 1.62 bits per heavy atom. The van der Waals surface area contributed by atoms with Crippen LogP contribution in [0.25, 0.3) is 0 Å². The summed E-state index contributed by atoms with van der Waals surface area (Å²) < 4.78 is 5.28.